The molecule has 0 spiro atoms. The highest BCUT2D eigenvalue weighted by Crippen LogP contribution is 2.33. The van der Waals surface area contributed by atoms with Crippen LogP contribution < -0.4 is 9.47 Å². The van der Waals surface area contributed by atoms with Gasteiger partial charge in [-0.1, -0.05) is 115 Å². The Labute approximate surface area is 321 Å². The summed E-state index contributed by atoms with van der Waals surface area (Å²) in [5.74, 6) is 2.44. The molecule has 0 atom stereocenters. The number of nitrogens with zero attached hydrogens (tertiary/aromatic N) is 3. The smallest absolute Gasteiger partial charge is 0.454 e. The Bertz CT molecular complexity index is 1570. The van der Waals surface area contributed by atoms with Gasteiger partial charge in [0.05, 0.1) is 12.0 Å². The Balaban J connectivity index is 0.00000147. The second kappa shape index (κ2) is 26.2. The van der Waals surface area contributed by atoms with Crippen molar-refractivity contribution in [2.24, 2.45) is 4.99 Å². The Kier molecular flexibility index (Phi) is 23.1. The van der Waals surface area contributed by atoms with E-state index in [1.54, 1.807) is 6.08 Å². The molecule has 0 N–H and O–H groups in total. The van der Waals surface area contributed by atoms with Gasteiger partial charge in [0.25, 0.3) is 0 Å². The van der Waals surface area contributed by atoms with Crippen LogP contribution in [0.5, 0.6) is 11.5 Å². The molecule has 0 unspecified atom stereocenters. The first-order valence-corrected chi connectivity index (χ1v) is 18.6. The van der Waals surface area contributed by atoms with E-state index in [1.165, 1.54) is 24.5 Å². The van der Waals surface area contributed by atoms with E-state index in [9.17, 15) is 17.6 Å². The van der Waals surface area contributed by atoms with E-state index in [0.717, 1.165) is 28.2 Å². The molecule has 0 fully saturated rings. The van der Waals surface area contributed by atoms with Crippen LogP contribution in [0.15, 0.2) is 109 Å². The molecule has 0 radical (unpaired) electrons. The number of halogens is 4. The first-order chi connectivity index (χ1) is 25.9. The number of unbranched alkanes of at least 4 members (excludes halogenated alkanes) is 1. The van der Waals surface area contributed by atoms with Crippen LogP contribution in [0.3, 0.4) is 0 Å². The van der Waals surface area contributed by atoms with Gasteiger partial charge in [0.2, 0.25) is 6.79 Å². The lowest BCUT2D eigenvalue weighted by atomic mass is 9.99. The monoisotopic (exact) mass is 755 g/mol. The van der Waals surface area contributed by atoms with Crippen LogP contribution in [0.1, 0.15) is 95.9 Å². The summed E-state index contributed by atoms with van der Waals surface area (Å²) >= 11 is 0. The van der Waals surface area contributed by atoms with Crippen LogP contribution in [0.25, 0.3) is 5.70 Å². The SMILES string of the molecule is C=CC.CC.CC(C)c1cccc(/C(=C\CN(CC/C=C/OC(F)(F)C(F)F)Cc2ccc3c(c2)OCO3)N=C(c2ccccc2)N(C)C)c1.CCCC. The zero-order valence-electron chi connectivity index (χ0n) is 33.6. The van der Waals surface area contributed by atoms with Gasteiger partial charge in [-0.05, 0) is 60.7 Å². The van der Waals surface area contributed by atoms with Crippen molar-refractivity contribution in [1.82, 2.24) is 9.80 Å². The lowest BCUT2D eigenvalue weighted by molar-refractivity contribution is -0.274. The molecular formula is C44H61F4N3O3. The maximum Gasteiger partial charge on any atom is 0.460 e. The summed E-state index contributed by atoms with van der Waals surface area (Å²) in [6, 6.07) is 23.9. The number of benzene rings is 3. The third kappa shape index (κ3) is 17.1. The maximum absolute atomic E-state index is 13.2. The molecule has 0 aromatic heterocycles. The van der Waals surface area contributed by atoms with Crippen LogP contribution in [0, 0.1) is 0 Å². The topological polar surface area (TPSA) is 46.5 Å². The average Bonchev–Trinajstić information content (AvgIpc) is 3.64. The minimum absolute atomic E-state index is 0.158. The van der Waals surface area contributed by atoms with Crippen LogP contribution in [-0.2, 0) is 11.3 Å². The minimum Gasteiger partial charge on any atom is -0.454 e. The molecule has 0 bridgehead atoms. The number of fused-ring (bicyclic) bond motifs is 1. The zero-order chi connectivity index (χ0) is 40.5. The van der Waals surface area contributed by atoms with E-state index < -0.39 is 12.5 Å². The van der Waals surface area contributed by atoms with Crippen molar-refractivity contribution in [3.05, 3.63) is 126 Å². The molecule has 0 aliphatic carbocycles. The molecule has 1 aliphatic heterocycles. The van der Waals surface area contributed by atoms with E-state index >= 15 is 0 Å². The maximum atomic E-state index is 13.2. The number of hydrogen-bond acceptors (Lipinski definition) is 5. The Hall–Kier alpha value is -4.57. The Morgan fingerprint density at radius 1 is 0.926 bits per heavy atom. The summed E-state index contributed by atoms with van der Waals surface area (Å²) in [4.78, 5) is 9.22. The van der Waals surface area contributed by atoms with Crippen molar-refractivity contribution in [2.45, 2.75) is 92.7 Å². The fraction of sp³-hybridized carbons (Fsp3) is 0.432. The third-order valence-electron chi connectivity index (χ3n) is 7.60. The summed E-state index contributed by atoms with van der Waals surface area (Å²) in [6.07, 6.45) is 0.224. The number of alkyl halides is 4. The van der Waals surface area contributed by atoms with E-state index in [4.69, 9.17) is 14.5 Å². The van der Waals surface area contributed by atoms with Gasteiger partial charge in [0.1, 0.15) is 5.84 Å². The van der Waals surface area contributed by atoms with Crippen LogP contribution in [0.2, 0.25) is 0 Å². The van der Waals surface area contributed by atoms with Crippen molar-refractivity contribution in [3.8, 4) is 11.5 Å². The summed E-state index contributed by atoms with van der Waals surface area (Å²) in [6.45, 7) is 19.4. The fourth-order valence-corrected chi connectivity index (χ4v) is 4.67. The highest BCUT2D eigenvalue weighted by Gasteiger charge is 2.42. The quantitative estimate of drug-likeness (QED) is 0.0508. The lowest BCUT2D eigenvalue weighted by Crippen LogP contribution is -2.28. The molecule has 1 heterocycles. The highest BCUT2D eigenvalue weighted by atomic mass is 19.3. The van der Waals surface area contributed by atoms with Gasteiger partial charge in [-0.15, -0.1) is 6.58 Å². The molecule has 0 saturated heterocycles. The number of aliphatic imine (C=N–C) groups is 1. The first-order valence-electron chi connectivity index (χ1n) is 18.6. The van der Waals surface area contributed by atoms with Gasteiger partial charge in [0.15, 0.2) is 11.5 Å². The van der Waals surface area contributed by atoms with Crippen LogP contribution >= 0.6 is 0 Å². The number of amidine groups is 1. The molecule has 10 heteroatoms. The minimum atomic E-state index is -4.54. The molecule has 4 rings (SSSR count). The van der Waals surface area contributed by atoms with Gasteiger partial charge < -0.3 is 19.1 Å². The first kappa shape index (κ1) is 47.5. The molecule has 6 nitrogen and oxygen atoms in total. The number of ether oxygens (including phenoxy) is 3. The van der Waals surface area contributed by atoms with Crippen molar-refractivity contribution in [1.29, 1.82) is 0 Å². The van der Waals surface area contributed by atoms with Crippen molar-refractivity contribution in [2.75, 3.05) is 34.0 Å². The lowest BCUT2D eigenvalue weighted by Gasteiger charge is -2.22. The van der Waals surface area contributed by atoms with Gasteiger partial charge in [0, 0.05) is 44.9 Å². The van der Waals surface area contributed by atoms with Gasteiger partial charge in [-0.2, -0.15) is 17.6 Å². The number of rotatable bonds is 15. The summed E-state index contributed by atoms with van der Waals surface area (Å²) in [5.41, 5.74) is 4.85. The number of allylic oxidation sites excluding steroid dienone is 1. The Morgan fingerprint density at radius 3 is 2.15 bits per heavy atom. The second-order valence-electron chi connectivity index (χ2n) is 12.5. The zero-order valence-corrected chi connectivity index (χ0v) is 33.6. The molecular weight excluding hydrogens is 694 g/mol. The van der Waals surface area contributed by atoms with Crippen molar-refractivity contribution < 1.29 is 31.8 Å². The fourth-order valence-electron chi connectivity index (χ4n) is 4.67. The normalized spacial score (nSPS) is 12.4. The predicted octanol–water partition coefficient (Wildman–Crippen LogP) is 12.2. The Morgan fingerprint density at radius 2 is 1.56 bits per heavy atom. The highest BCUT2D eigenvalue weighted by molar-refractivity contribution is 6.01. The average molecular weight is 756 g/mol. The van der Waals surface area contributed by atoms with Crippen LogP contribution in [-0.4, -0.2) is 62.1 Å². The molecule has 1 aliphatic rings. The van der Waals surface area contributed by atoms with E-state index in [1.807, 2.05) is 107 Å². The summed E-state index contributed by atoms with van der Waals surface area (Å²) in [5, 5.41) is 0. The molecule has 0 saturated carbocycles. The van der Waals surface area contributed by atoms with E-state index in [2.05, 4.69) is 56.0 Å². The largest absolute Gasteiger partial charge is 0.460 e. The van der Waals surface area contributed by atoms with Crippen LogP contribution in [0.4, 0.5) is 17.6 Å². The van der Waals surface area contributed by atoms with Crippen molar-refractivity contribution in [3.63, 3.8) is 0 Å². The summed E-state index contributed by atoms with van der Waals surface area (Å²) in [7, 11) is 3.90. The molecule has 3 aromatic rings. The third-order valence-corrected chi connectivity index (χ3v) is 7.60. The van der Waals surface area contributed by atoms with Gasteiger partial charge in [-0.3, -0.25) is 4.90 Å². The van der Waals surface area contributed by atoms with Crippen molar-refractivity contribution >= 4 is 11.5 Å². The standard InChI is InChI=1S/C35H39F4N3O3.C4H10.C3H6.C2H6/c1-25(2)28-13-10-14-29(22-28)30(40-33(41(3)4)27-11-6-5-7-12-27)17-19-42(18-8-9-20-45-35(38,39)34(36)37)23-26-15-16-31-32(21-26)44-24-43-31;1-3-4-2;1-3-2;1-2/h5-7,9-17,20-22,25,34H,8,18-19,23-24H2,1-4H3;3-4H2,1-2H3;3H,1H2,2H3;1-2H3/b20-9+,30-17+,40-33?;;;. The predicted molar refractivity (Wildman–Crippen MR) is 217 cm³/mol. The second-order valence-corrected chi connectivity index (χ2v) is 12.5. The van der Waals surface area contributed by atoms with Gasteiger partial charge in [-0.25, -0.2) is 4.99 Å². The van der Waals surface area contributed by atoms with Gasteiger partial charge >= 0.3 is 12.5 Å². The molecule has 298 valence electrons. The summed E-state index contributed by atoms with van der Waals surface area (Å²) < 4.78 is 66.3. The molecule has 0 amide bonds. The molecule has 3 aromatic carbocycles. The van der Waals surface area contributed by atoms with E-state index in [-0.39, 0.29) is 13.2 Å². The molecule has 54 heavy (non-hydrogen) atoms. The number of hydrogen-bond donors (Lipinski definition) is 0. The van der Waals surface area contributed by atoms with E-state index in [0.29, 0.717) is 43.3 Å².